The summed E-state index contributed by atoms with van der Waals surface area (Å²) in [6.45, 7) is 1.34. The average molecular weight is 281 g/mol. The molecular weight excluding hydrogens is 267 g/mol. The molecule has 0 heterocycles. The monoisotopic (exact) mass is 281 g/mol. The van der Waals surface area contributed by atoms with E-state index in [0.717, 1.165) is 12.1 Å². The molecular formula is C15H14F3NO. The summed E-state index contributed by atoms with van der Waals surface area (Å²) in [7, 11) is 0. The van der Waals surface area contributed by atoms with Gasteiger partial charge in [0, 0.05) is 6.04 Å². The highest BCUT2D eigenvalue weighted by molar-refractivity contribution is 5.31. The second-order valence-corrected chi connectivity index (χ2v) is 4.47. The first kappa shape index (κ1) is 14.4. The highest BCUT2D eigenvalue weighted by Gasteiger charge is 2.12. The summed E-state index contributed by atoms with van der Waals surface area (Å²) in [6, 6.07) is 7.45. The molecule has 0 aliphatic rings. The van der Waals surface area contributed by atoms with E-state index in [0.29, 0.717) is 5.56 Å². The molecule has 1 unspecified atom stereocenters. The van der Waals surface area contributed by atoms with Crippen LogP contribution in [0.1, 0.15) is 24.1 Å². The van der Waals surface area contributed by atoms with Crippen molar-refractivity contribution in [3.05, 3.63) is 65.0 Å². The molecule has 0 amide bonds. The van der Waals surface area contributed by atoms with Gasteiger partial charge in [0.1, 0.15) is 18.2 Å². The van der Waals surface area contributed by atoms with Crippen LogP contribution in [0.2, 0.25) is 0 Å². The maximum absolute atomic E-state index is 13.7. The lowest BCUT2D eigenvalue weighted by molar-refractivity contribution is 0.278. The minimum absolute atomic E-state index is 0.0722. The largest absolute Gasteiger partial charge is 0.486 e. The van der Waals surface area contributed by atoms with Crippen LogP contribution in [0.4, 0.5) is 13.2 Å². The van der Waals surface area contributed by atoms with Gasteiger partial charge in [0.15, 0.2) is 11.6 Å². The summed E-state index contributed by atoms with van der Waals surface area (Å²) in [5.41, 5.74) is 6.02. The van der Waals surface area contributed by atoms with Crippen LogP contribution in [-0.4, -0.2) is 0 Å². The summed E-state index contributed by atoms with van der Waals surface area (Å²) in [6.07, 6.45) is 0. The van der Waals surface area contributed by atoms with Crippen molar-refractivity contribution in [3.8, 4) is 5.75 Å². The van der Waals surface area contributed by atoms with Crippen LogP contribution in [0, 0.1) is 17.5 Å². The molecule has 106 valence electrons. The highest BCUT2D eigenvalue weighted by Crippen LogP contribution is 2.23. The maximum atomic E-state index is 13.7. The second kappa shape index (κ2) is 5.96. The third-order valence-corrected chi connectivity index (χ3v) is 2.92. The fourth-order valence-corrected chi connectivity index (χ4v) is 1.74. The normalized spacial score (nSPS) is 12.2. The van der Waals surface area contributed by atoms with Crippen LogP contribution >= 0.6 is 0 Å². The van der Waals surface area contributed by atoms with E-state index in [4.69, 9.17) is 10.5 Å². The first-order valence-corrected chi connectivity index (χ1v) is 6.09. The van der Waals surface area contributed by atoms with E-state index in [2.05, 4.69) is 0 Å². The first-order chi connectivity index (χ1) is 9.49. The third kappa shape index (κ3) is 3.11. The molecule has 0 aliphatic heterocycles. The van der Waals surface area contributed by atoms with Crippen LogP contribution in [0.3, 0.4) is 0 Å². The quantitative estimate of drug-likeness (QED) is 0.927. The topological polar surface area (TPSA) is 35.2 Å². The molecule has 1 atom stereocenters. The minimum atomic E-state index is -0.724. The van der Waals surface area contributed by atoms with E-state index in [1.54, 1.807) is 13.0 Å². The summed E-state index contributed by atoms with van der Waals surface area (Å²) in [4.78, 5) is 0. The van der Waals surface area contributed by atoms with Gasteiger partial charge in [0.05, 0.1) is 5.56 Å². The summed E-state index contributed by atoms with van der Waals surface area (Å²) in [5.74, 6) is -2.14. The van der Waals surface area contributed by atoms with Gasteiger partial charge in [-0.1, -0.05) is 12.1 Å². The zero-order valence-corrected chi connectivity index (χ0v) is 10.9. The van der Waals surface area contributed by atoms with E-state index in [1.807, 2.05) is 0 Å². The van der Waals surface area contributed by atoms with Crippen LogP contribution < -0.4 is 10.5 Å². The molecule has 5 heteroatoms. The molecule has 20 heavy (non-hydrogen) atoms. The molecule has 0 radical (unpaired) electrons. The zero-order valence-electron chi connectivity index (χ0n) is 10.9. The number of rotatable bonds is 4. The van der Waals surface area contributed by atoms with Crippen molar-refractivity contribution in [1.29, 1.82) is 0 Å². The number of benzene rings is 2. The van der Waals surface area contributed by atoms with Crippen molar-refractivity contribution >= 4 is 0 Å². The molecule has 2 N–H and O–H groups in total. The van der Waals surface area contributed by atoms with Gasteiger partial charge >= 0.3 is 0 Å². The predicted molar refractivity (Wildman–Crippen MR) is 69.7 cm³/mol. The fraction of sp³-hybridized carbons (Fsp3) is 0.200. The van der Waals surface area contributed by atoms with E-state index in [1.165, 1.54) is 18.2 Å². The molecule has 0 spiro atoms. The Morgan fingerprint density at radius 1 is 1.05 bits per heavy atom. The fourth-order valence-electron chi connectivity index (χ4n) is 1.74. The summed E-state index contributed by atoms with van der Waals surface area (Å²) >= 11 is 0. The Morgan fingerprint density at radius 3 is 2.25 bits per heavy atom. The minimum Gasteiger partial charge on any atom is -0.486 e. The van der Waals surface area contributed by atoms with Crippen molar-refractivity contribution in [2.24, 2.45) is 5.73 Å². The van der Waals surface area contributed by atoms with Gasteiger partial charge in [0.2, 0.25) is 0 Å². The van der Waals surface area contributed by atoms with Crippen molar-refractivity contribution in [3.63, 3.8) is 0 Å². The number of nitrogens with two attached hydrogens (primary N) is 1. The Balaban J connectivity index is 2.15. The number of hydrogen-bond donors (Lipinski definition) is 1. The van der Waals surface area contributed by atoms with E-state index in [-0.39, 0.29) is 24.0 Å². The lowest BCUT2D eigenvalue weighted by Crippen LogP contribution is -2.06. The average Bonchev–Trinajstić information content (AvgIpc) is 2.39. The Labute approximate surface area is 115 Å². The smallest absolute Gasteiger partial charge is 0.165 e. The third-order valence-electron chi connectivity index (χ3n) is 2.92. The lowest BCUT2D eigenvalue weighted by Gasteiger charge is -2.11. The van der Waals surface area contributed by atoms with Gasteiger partial charge in [-0.15, -0.1) is 0 Å². The lowest BCUT2D eigenvalue weighted by atomic mass is 10.1. The predicted octanol–water partition coefficient (Wildman–Crippen LogP) is 3.70. The molecule has 2 aromatic rings. The zero-order chi connectivity index (χ0) is 14.7. The van der Waals surface area contributed by atoms with Crippen LogP contribution in [-0.2, 0) is 6.61 Å². The number of halogens is 3. The molecule has 0 saturated heterocycles. The summed E-state index contributed by atoms with van der Waals surface area (Å²) in [5, 5.41) is 0. The number of hydrogen-bond acceptors (Lipinski definition) is 2. The maximum Gasteiger partial charge on any atom is 0.165 e. The van der Waals surface area contributed by atoms with Gasteiger partial charge < -0.3 is 10.5 Å². The molecule has 2 aromatic carbocycles. The van der Waals surface area contributed by atoms with Crippen LogP contribution in [0.25, 0.3) is 0 Å². The van der Waals surface area contributed by atoms with Crippen LogP contribution in [0.5, 0.6) is 5.75 Å². The van der Waals surface area contributed by atoms with E-state index in [9.17, 15) is 13.2 Å². The Bertz CT molecular complexity index is 594. The molecule has 0 saturated carbocycles. The van der Waals surface area contributed by atoms with Crippen LogP contribution in [0.15, 0.2) is 36.4 Å². The number of ether oxygens (including phenoxy) is 1. The molecule has 0 fully saturated rings. The Morgan fingerprint density at radius 2 is 1.70 bits per heavy atom. The standard InChI is InChI=1S/C15H14F3NO/c1-9(19)10-5-6-15(14(18)7-10)20-8-11-12(16)3-2-4-13(11)17/h2-7,9H,8,19H2,1H3. The second-order valence-electron chi connectivity index (χ2n) is 4.47. The first-order valence-electron chi connectivity index (χ1n) is 6.09. The van der Waals surface area contributed by atoms with E-state index < -0.39 is 17.5 Å². The van der Waals surface area contributed by atoms with Gasteiger partial charge in [-0.25, -0.2) is 13.2 Å². The van der Waals surface area contributed by atoms with Crippen molar-refractivity contribution < 1.29 is 17.9 Å². The Hall–Kier alpha value is -2.01. The van der Waals surface area contributed by atoms with Crippen molar-refractivity contribution in [2.75, 3.05) is 0 Å². The van der Waals surface area contributed by atoms with Gasteiger partial charge in [-0.05, 0) is 36.8 Å². The summed E-state index contributed by atoms with van der Waals surface area (Å²) < 4.78 is 45.7. The molecule has 2 nitrogen and oxygen atoms in total. The Kier molecular flexibility index (Phi) is 4.29. The van der Waals surface area contributed by atoms with Gasteiger partial charge in [0.25, 0.3) is 0 Å². The van der Waals surface area contributed by atoms with E-state index >= 15 is 0 Å². The van der Waals surface area contributed by atoms with Gasteiger partial charge in [-0.3, -0.25) is 0 Å². The van der Waals surface area contributed by atoms with Crippen molar-refractivity contribution in [2.45, 2.75) is 19.6 Å². The molecule has 0 aromatic heterocycles. The highest BCUT2D eigenvalue weighted by atomic mass is 19.1. The molecule has 2 rings (SSSR count). The molecule has 0 aliphatic carbocycles. The van der Waals surface area contributed by atoms with Crippen molar-refractivity contribution in [1.82, 2.24) is 0 Å². The molecule has 0 bridgehead atoms. The SMILES string of the molecule is CC(N)c1ccc(OCc2c(F)cccc2F)c(F)c1. The van der Waals surface area contributed by atoms with Gasteiger partial charge in [-0.2, -0.15) is 0 Å².